The molecule has 3 nitrogen and oxygen atoms in total. The van der Waals surface area contributed by atoms with Crippen LogP contribution in [0, 0.1) is 6.92 Å². The van der Waals surface area contributed by atoms with Gasteiger partial charge in [-0.2, -0.15) is 0 Å². The van der Waals surface area contributed by atoms with Gasteiger partial charge in [-0.25, -0.2) is 9.97 Å². The maximum absolute atomic E-state index is 4.15. The minimum atomic E-state index is 0.998. The number of nitrogens with zero attached hydrogens (tertiary/aromatic N) is 3. The molecule has 0 aliphatic rings. The smallest absolute Gasteiger partial charge is 0.143 e. The van der Waals surface area contributed by atoms with Crippen molar-refractivity contribution >= 4 is 11.0 Å². The number of hydrogen-bond acceptors (Lipinski definition) is 2. The summed E-state index contributed by atoms with van der Waals surface area (Å²) >= 11 is 0. The van der Waals surface area contributed by atoms with Crippen LogP contribution in [0.25, 0.3) is 11.0 Å². The van der Waals surface area contributed by atoms with Gasteiger partial charge in [0.05, 0.1) is 0 Å². The fourth-order valence-corrected chi connectivity index (χ4v) is 1.30. The number of aromatic nitrogens is 3. The molecule has 0 spiro atoms. The molecule has 3 heteroatoms. The highest BCUT2D eigenvalue weighted by Crippen LogP contribution is 2.14. The van der Waals surface area contributed by atoms with Crippen molar-refractivity contribution < 1.29 is 0 Å². The van der Waals surface area contributed by atoms with Crippen molar-refractivity contribution in [3.05, 3.63) is 24.3 Å². The van der Waals surface area contributed by atoms with Crippen LogP contribution in [0.2, 0.25) is 0 Å². The van der Waals surface area contributed by atoms with E-state index in [4.69, 9.17) is 0 Å². The van der Waals surface area contributed by atoms with Gasteiger partial charge in [-0.05, 0) is 12.5 Å². The molecule has 0 fully saturated rings. The summed E-state index contributed by atoms with van der Waals surface area (Å²) in [6.45, 7) is 2.06. The topological polar surface area (TPSA) is 30.7 Å². The van der Waals surface area contributed by atoms with E-state index in [1.807, 2.05) is 17.8 Å². The van der Waals surface area contributed by atoms with Gasteiger partial charge in [0.1, 0.15) is 12.0 Å². The summed E-state index contributed by atoms with van der Waals surface area (Å²) < 4.78 is 2.01. The third kappa shape index (κ3) is 0.808. The van der Waals surface area contributed by atoms with E-state index in [0.717, 1.165) is 11.0 Å². The summed E-state index contributed by atoms with van der Waals surface area (Å²) in [4.78, 5) is 8.12. The fourth-order valence-electron chi connectivity index (χ4n) is 1.30. The number of rotatable bonds is 0. The van der Waals surface area contributed by atoms with Gasteiger partial charge in [0, 0.05) is 24.8 Å². The van der Waals surface area contributed by atoms with Gasteiger partial charge in [0.25, 0.3) is 0 Å². The van der Waals surface area contributed by atoms with Crippen molar-refractivity contribution in [1.82, 2.24) is 14.5 Å². The fraction of sp³-hybridized carbons (Fsp3) is 0.250. The van der Waals surface area contributed by atoms with Crippen LogP contribution in [0.15, 0.2) is 18.7 Å². The van der Waals surface area contributed by atoms with Crippen LogP contribution >= 0.6 is 0 Å². The van der Waals surface area contributed by atoms with Gasteiger partial charge in [0.2, 0.25) is 0 Å². The van der Waals surface area contributed by atoms with Crippen molar-refractivity contribution in [1.29, 1.82) is 0 Å². The monoisotopic (exact) mass is 147 g/mol. The largest absolute Gasteiger partial charge is 0.335 e. The van der Waals surface area contributed by atoms with Crippen LogP contribution < -0.4 is 0 Å². The average molecular weight is 147 g/mol. The molecule has 0 aromatic carbocycles. The van der Waals surface area contributed by atoms with Crippen molar-refractivity contribution in [2.24, 2.45) is 7.05 Å². The molecule has 2 aromatic rings. The van der Waals surface area contributed by atoms with E-state index in [0.29, 0.717) is 0 Å². The second kappa shape index (κ2) is 2.05. The quantitative estimate of drug-likeness (QED) is 0.562. The third-order valence-corrected chi connectivity index (χ3v) is 1.84. The van der Waals surface area contributed by atoms with Crippen LogP contribution in [0.5, 0.6) is 0 Å². The summed E-state index contributed by atoms with van der Waals surface area (Å²) in [5.74, 6) is 0. The van der Waals surface area contributed by atoms with Gasteiger partial charge >= 0.3 is 0 Å². The van der Waals surface area contributed by atoms with E-state index in [1.54, 1.807) is 6.33 Å². The molecule has 11 heavy (non-hydrogen) atoms. The van der Waals surface area contributed by atoms with E-state index in [2.05, 4.69) is 23.1 Å². The molecule has 0 amide bonds. The Balaban J connectivity index is 2.95. The molecule has 56 valence electrons. The third-order valence-electron chi connectivity index (χ3n) is 1.84. The Morgan fingerprint density at radius 1 is 1.45 bits per heavy atom. The lowest BCUT2D eigenvalue weighted by molar-refractivity contribution is 0.940. The van der Waals surface area contributed by atoms with Gasteiger partial charge in [-0.15, -0.1) is 0 Å². The van der Waals surface area contributed by atoms with Crippen LogP contribution in [-0.2, 0) is 7.05 Å². The molecule has 0 N–H and O–H groups in total. The summed E-state index contributed by atoms with van der Waals surface area (Å²) in [5.41, 5.74) is 2.22. The summed E-state index contributed by atoms with van der Waals surface area (Å²) in [5, 5.41) is 1.13. The first-order valence-electron chi connectivity index (χ1n) is 3.50. The molecule has 0 saturated heterocycles. The number of fused-ring (bicyclic) bond motifs is 1. The van der Waals surface area contributed by atoms with Gasteiger partial charge in [-0.1, -0.05) is 0 Å². The predicted molar refractivity (Wildman–Crippen MR) is 43.2 cm³/mol. The normalized spacial score (nSPS) is 10.7. The zero-order chi connectivity index (χ0) is 7.84. The van der Waals surface area contributed by atoms with E-state index < -0.39 is 0 Å². The molecule has 2 rings (SSSR count). The minimum Gasteiger partial charge on any atom is -0.335 e. The molecular formula is C8H9N3. The van der Waals surface area contributed by atoms with Crippen molar-refractivity contribution in [2.45, 2.75) is 6.92 Å². The SMILES string of the molecule is Cc1cn(C)c2ncncc12. The lowest BCUT2D eigenvalue weighted by atomic mass is 10.3. The molecule has 0 saturated carbocycles. The lowest BCUT2D eigenvalue weighted by Crippen LogP contribution is -1.86. The maximum Gasteiger partial charge on any atom is 0.143 e. The Kier molecular flexibility index (Phi) is 1.18. The van der Waals surface area contributed by atoms with Gasteiger partial charge in [-0.3, -0.25) is 0 Å². The first-order valence-corrected chi connectivity index (χ1v) is 3.50. The molecule has 2 heterocycles. The first kappa shape index (κ1) is 6.34. The Morgan fingerprint density at radius 2 is 2.27 bits per heavy atom. The maximum atomic E-state index is 4.15. The number of hydrogen-bond donors (Lipinski definition) is 0. The van der Waals surface area contributed by atoms with Crippen molar-refractivity contribution in [3.63, 3.8) is 0 Å². The Bertz CT molecular complexity index is 353. The highest BCUT2D eigenvalue weighted by molar-refractivity contribution is 5.78. The second-order valence-electron chi connectivity index (χ2n) is 2.68. The van der Waals surface area contributed by atoms with Crippen LogP contribution in [0.4, 0.5) is 0 Å². The van der Waals surface area contributed by atoms with Crippen molar-refractivity contribution in [3.8, 4) is 0 Å². The average Bonchev–Trinajstić information content (AvgIpc) is 2.30. The molecule has 0 aliphatic heterocycles. The lowest BCUT2D eigenvalue weighted by Gasteiger charge is -1.90. The van der Waals surface area contributed by atoms with Crippen LogP contribution in [0.1, 0.15) is 5.56 Å². The van der Waals surface area contributed by atoms with E-state index >= 15 is 0 Å². The van der Waals surface area contributed by atoms with E-state index in [1.165, 1.54) is 5.56 Å². The molecule has 0 bridgehead atoms. The summed E-state index contributed by atoms with van der Waals surface area (Å²) in [7, 11) is 1.99. The highest BCUT2D eigenvalue weighted by atomic mass is 15.0. The Labute approximate surface area is 64.7 Å². The van der Waals surface area contributed by atoms with Crippen LogP contribution in [0.3, 0.4) is 0 Å². The highest BCUT2D eigenvalue weighted by Gasteiger charge is 2.01. The van der Waals surface area contributed by atoms with Crippen LogP contribution in [-0.4, -0.2) is 14.5 Å². The Hall–Kier alpha value is -1.38. The summed E-state index contributed by atoms with van der Waals surface area (Å²) in [6.07, 6.45) is 5.47. The molecule has 2 aromatic heterocycles. The molecule has 0 aliphatic carbocycles. The molecule has 0 atom stereocenters. The minimum absolute atomic E-state index is 0.998. The van der Waals surface area contributed by atoms with Gasteiger partial charge in [0.15, 0.2) is 0 Å². The van der Waals surface area contributed by atoms with Crippen molar-refractivity contribution in [2.75, 3.05) is 0 Å². The first-order chi connectivity index (χ1) is 5.29. The predicted octanol–water partition coefficient (Wildman–Crippen LogP) is 1.28. The summed E-state index contributed by atoms with van der Waals surface area (Å²) in [6, 6.07) is 0. The molecule has 0 radical (unpaired) electrons. The number of aryl methyl sites for hydroxylation is 2. The standard InChI is InChI=1S/C8H9N3/c1-6-4-11(2)8-7(6)3-9-5-10-8/h3-5H,1-2H3. The zero-order valence-corrected chi connectivity index (χ0v) is 6.57. The molecular weight excluding hydrogens is 138 g/mol. The molecule has 0 unspecified atom stereocenters. The second-order valence-corrected chi connectivity index (χ2v) is 2.68. The Morgan fingerprint density at radius 3 is 3.00 bits per heavy atom. The van der Waals surface area contributed by atoms with E-state index in [-0.39, 0.29) is 0 Å². The van der Waals surface area contributed by atoms with E-state index in [9.17, 15) is 0 Å². The zero-order valence-electron chi connectivity index (χ0n) is 6.57. The van der Waals surface area contributed by atoms with Gasteiger partial charge < -0.3 is 4.57 Å².